The van der Waals surface area contributed by atoms with Crippen LogP contribution >= 0.6 is 0 Å². The van der Waals surface area contributed by atoms with Crippen LogP contribution in [-0.2, 0) is 4.74 Å². The first-order chi connectivity index (χ1) is 10.5. The largest absolute Gasteiger partial charge is 0.374 e. The molecule has 0 N–H and O–H groups in total. The number of ether oxygens (including phenoxy) is 1. The van der Waals surface area contributed by atoms with Crippen molar-refractivity contribution in [3.05, 3.63) is 23.8 Å². The quantitative estimate of drug-likeness (QED) is 0.386. The molecule has 2 atom stereocenters. The zero-order valence-electron chi connectivity index (χ0n) is 15.7. The summed E-state index contributed by atoms with van der Waals surface area (Å²) < 4.78 is 5.78. The number of hydrogen-bond acceptors (Lipinski definition) is 1. The van der Waals surface area contributed by atoms with Gasteiger partial charge in [-0.15, -0.1) is 0 Å². The fourth-order valence-corrected chi connectivity index (χ4v) is 3.58. The highest BCUT2D eigenvalue weighted by Gasteiger charge is 2.33. The van der Waals surface area contributed by atoms with E-state index in [0.717, 1.165) is 5.92 Å². The minimum Gasteiger partial charge on any atom is -0.374 e. The van der Waals surface area contributed by atoms with Crippen LogP contribution in [0.3, 0.4) is 0 Å². The van der Waals surface area contributed by atoms with Crippen LogP contribution < -0.4 is 0 Å². The van der Waals surface area contributed by atoms with Crippen LogP contribution in [0, 0.1) is 11.8 Å². The number of unbranched alkanes of at least 4 members (excludes halogenated alkanes) is 6. The van der Waals surface area contributed by atoms with Crippen LogP contribution in [0.1, 0.15) is 85.5 Å². The zero-order valence-corrected chi connectivity index (χ0v) is 15.7. The highest BCUT2D eigenvalue weighted by Crippen LogP contribution is 2.36. The molecule has 0 spiro atoms. The SMILES string of the molecule is COC1(C)C=CC=C(C)C1CCCCCCCCCC(C)C. The summed E-state index contributed by atoms with van der Waals surface area (Å²) in [5, 5.41) is 0. The fourth-order valence-electron chi connectivity index (χ4n) is 3.58. The molecule has 0 aromatic carbocycles. The van der Waals surface area contributed by atoms with Gasteiger partial charge < -0.3 is 4.74 Å². The van der Waals surface area contributed by atoms with Crippen molar-refractivity contribution in [1.82, 2.24) is 0 Å². The molecule has 0 aromatic heterocycles. The van der Waals surface area contributed by atoms with Gasteiger partial charge in [-0.3, -0.25) is 0 Å². The summed E-state index contributed by atoms with van der Waals surface area (Å²) in [6, 6.07) is 0. The molecule has 1 aliphatic carbocycles. The molecular formula is C21H38O. The van der Waals surface area contributed by atoms with Crippen molar-refractivity contribution in [2.45, 2.75) is 91.1 Å². The fraction of sp³-hybridized carbons (Fsp3) is 0.810. The summed E-state index contributed by atoms with van der Waals surface area (Å²) in [5.41, 5.74) is 1.37. The Morgan fingerprint density at radius 3 is 2.23 bits per heavy atom. The molecule has 0 bridgehead atoms. The standard InChI is InChI=1S/C21H38O/c1-18(2)14-11-9-7-6-8-10-12-16-20-19(3)15-13-17-21(20,4)22-5/h13,15,17-18,20H,6-12,14,16H2,1-5H3. The molecule has 2 unspecified atom stereocenters. The molecular weight excluding hydrogens is 268 g/mol. The van der Waals surface area contributed by atoms with Crippen molar-refractivity contribution in [2.75, 3.05) is 7.11 Å². The first-order valence-electron chi connectivity index (χ1n) is 9.40. The van der Waals surface area contributed by atoms with E-state index in [2.05, 4.69) is 45.9 Å². The van der Waals surface area contributed by atoms with Gasteiger partial charge in [-0.1, -0.05) is 89.0 Å². The average Bonchev–Trinajstić information content (AvgIpc) is 2.47. The van der Waals surface area contributed by atoms with Crippen LogP contribution in [0.25, 0.3) is 0 Å². The summed E-state index contributed by atoms with van der Waals surface area (Å²) >= 11 is 0. The van der Waals surface area contributed by atoms with Gasteiger partial charge in [0.05, 0.1) is 5.60 Å². The summed E-state index contributed by atoms with van der Waals surface area (Å²) in [4.78, 5) is 0. The lowest BCUT2D eigenvalue weighted by molar-refractivity contribution is 0.00507. The topological polar surface area (TPSA) is 9.23 Å². The number of allylic oxidation sites excluding steroid dienone is 2. The molecule has 1 aliphatic rings. The molecule has 1 nitrogen and oxygen atoms in total. The van der Waals surface area contributed by atoms with Crippen LogP contribution in [0.15, 0.2) is 23.8 Å². The molecule has 22 heavy (non-hydrogen) atoms. The molecule has 0 saturated heterocycles. The Morgan fingerprint density at radius 2 is 1.64 bits per heavy atom. The molecule has 0 amide bonds. The van der Waals surface area contributed by atoms with E-state index in [9.17, 15) is 0 Å². The average molecular weight is 307 g/mol. The first kappa shape index (κ1) is 19.5. The van der Waals surface area contributed by atoms with Gasteiger partial charge in [0.2, 0.25) is 0 Å². The Balaban J connectivity index is 2.11. The lowest BCUT2D eigenvalue weighted by Crippen LogP contribution is -2.36. The molecule has 0 heterocycles. The van der Waals surface area contributed by atoms with Crippen LogP contribution in [0.2, 0.25) is 0 Å². The van der Waals surface area contributed by atoms with Crippen molar-refractivity contribution >= 4 is 0 Å². The van der Waals surface area contributed by atoms with Gasteiger partial charge in [0.25, 0.3) is 0 Å². The maximum atomic E-state index is 5.78. The third-order valence-electron chi connectivity index (χ3n) is 5.24. The zero-order chi connectivity index (χ0) is 16.4. The third kappa shape index (κ3) is 6.69. The molecule has 0 saturated carbocycles. The normalized spacial score (nSPS) is 24.8. The highest BCUT2D eigenvalue weighted by molar-refractivity contribution is 5.27. The van der Waals surface area contributed by atoms with E-state index < -0.39 is 0 Å². The van der Waals surface area contributed by atoms with Gasteiger partial charge in [-0.05, 0) is 26.2 Å². The molecule has 0 radical (unpaired) electrons. The Labute approximate surface area is 139 Å². The number of methoxy groups -OCH3 is 1. The van der Waals surface area contributed by atoms with E-state index in [1.165, 1.54) is 63.4 Å². The lowest BCUT2D eigenvalue weighted by atomic mass is 9.77. The van der Waals surface area contributed by atoms with Gasteiger partial charge in [0, 0.05) is 13.0 Å². The molecule has 1 rings (SSSR count). The Hall–Kier alpha value is -0.560. The van der Waals surface area contributed by atoms with Crippen LogP contribution in [0.5, 0.6) is 0 Å². The predicted octanol–water partition coefficient (Wildman–Crippen LogP) is 6.69. The number of rotatable bonds is 11. The minimum atomic E-state index is -0.102. The van der Waals surface area contributed by atoms with E-state index in [1.807, 2.05) is 7.11 Å². The number of hydrogen-bond donors (Lipinski definition) is 0. The van der Waals surface area contributed by atoms with Crippen molar-refractivity contribution in [1.29, 1.82) is 0 Å². The second-order valence-electron chi connectivity index (χ2n) is 7.66. The van der Waals surface area contributed by atoms with Crippen molar-refractivity contribution < 1.29 is 4.74 Å². The summed E-state index contributed by atoms with van der Waals surface area (Å²) in [6.45, 7) is 9.12. The smallest absolute Gasteiger partial charge is 0.0898 e. The van der Waals surface area contributed by atoms with Crippen LogP contribution in [0.4, 0.5) is 0 Å². The van der Waals surface area contributed by atoms with Crippen molar-refractivity contribution in [2.24, 2.45) is 11.8 Å². The Morgan fingerprint density at radius 1 is 1.05 bits per heavy atom. The molecule has 0 aromatic rings. The van der Waals surface area contributed by atoms with Crippen molar-refractivity contribution in [3.8, 4) is 0 Å². The van der Waals surface area contributed by atoms with Gasteiger partial charge in [-0.25, -0.2) is 0 Å². The van der Waals surface area contributed by atoms with E-state index in [4.69, 9.17) is 4.74 Å². The maximum absolute atomic E-state index is 5.78. The van der Waals surface area contributed by atoms with Crippen molar-refractivity contribution in [3.63, 3.8) is 0 Å². The molecule has 128 valence electrons. The van der Waals surface area contributed by atoms with Gasteiger partial charge in [0.15, 0.2) is 0 Å². The van der Waals surface area contributed by atoms with Gasteiger partial charge in [-0.2, -0.15) is 0 Å². The first-order valence-corrected chi connectivity index (χ1v) is 9.40. The molecule has 0 fully saturated rings. The summed E-state index contributed by atoms with van der Waals surface area (Å²) in [5.74, 6) is 1.42. The second kappa shape index (κ2) is 10.3. The lowest BCUT2D eigenvalue weighted by Gasteiger charge is -2.37. The van der Waals surface area contributed by atoms with Gasteiger partial charge >= 0.3 is 0 Å². The highest BCUT2D eigenvalue weighted by atomic mass is 16.5. The third-order valence-corrected chi connectivity index (χ3v) is 5.24. The van der Waals surface area contributed by atoms with E-state index in [0.29, 0.717) is 5.92 Å². The maximum Gasteiger partial charge on any atom is 0.0898 e. The Kier molecular flexibility index (Phi) is 9.09. The Bertz CT molecular complexity index is 353. The summed E-state index contributed by atoms with van der Waals surface area (Å²) in [6.07, 6.45) is 19.1. The summed E-state index contributed by atoms with van der Waals surface area (Å²) in [7, 11) is 1.84. The minimum absolute atomic E-state index is 0.102. The molecule has 1 heteroatoms. The van der Waals surface area contributed by atoms with E-state index >= 15 is 0 Å². The second-order valence-corrected chi connectivity index (χ2v) is 7.66. The van der Waals surface area contributed by atoms with Crippen LogP contribution in [-0.4, -0.2) is 12.7 Å². The van der Waals surface area contributed by atoms with E-state index in [1.54, 1.807) is 0 Å². The molecule has 0 aliphatic heterocycles. The monoisotopic (exact) mass is 306 g/mol. The van der Waals surface area contributed by atoms with Gasteiger partial charge in [0.1, 0.15) is 0 Å². The van der Waals surface area contributed by atoms with E-state index in [-0.39, 0.29) is 5.60 Å². The predicted molar refractivity (Wildman–Crippen MR) is 98.2 cm³/mol.